The molecule has 1 saturated heterocycles. The van der Waals surface area contributed by atoms with E-state index in [1.807, 2.05) is 0 Å². The summed E-state index contributed by atoms with van der Waals surface area (Å²) in [5.74, 6) is -1.05. The summed E-state index contributed by atoms with van der Waals surface area (Å²) in [5, 5.41) is 0. The second kappa shape index (κ2) is 5.84. The molecule has 0 aromatic heterocycles. The zero-order chi connectivity index (χ0) is 12.2. The molecule has 1 heterocycles. The summed E-state index contributed by atoms with van der Waals surface area (Å²) >= 11 is 0. The Bertz CT molecular complexity index is 200. The van der Waals surface area contributed by atoms with Crippen LogP contribution in [0.2, 0.25) is 6.04 Å². The standard InChI is InChI=1S/C7H20O6Si3/c1-8-7(9-2)6-16(11-4,12-5)14-15(10-3)13-7/h15H,6,14H2,1-5H3. The molecule has 1 unspecified atom stereocenters. The first-order valence-corrected chi connectivity index (χ1v) is 13.6. The third-order valence-electron chi connectivity index (χ3n) is 2.90. The van der Waals surface area contributed by atoms with E-state index in [0.29, 0.717) is 6.04 Å². The fraction of sp³-hybridized carbons (Fsp3) is 1.00. The minimum absolute atomic E-state index is 0.541. The lowest BCUT2D eigenvalue weighted by Gasteiger charge is -2.44. The highest BCUT2D eigenvalue weighted by molar-refractivity contribution is 7.42. The molecular formula is C7H20O6Si3. The Labute approximate surface area is 101 Å². The molecule has 1 fully saturated rings. The third kappa shape index (κ3) is 2.80. The second-order valence-corrected chi connectivity index (χ2v) is 18.7. The summed E-state index contributed by atoms with van der Waals surface area (Å²) in [7, 11) is 3.60. The van der Waals surface area contributed by atoms with E-state index in [9.17, 15) is 0 Å². The predicted octanol–water partition coefficient (Wildman–Crippen LogP) is -1.27. The lowest BCUT2D eigenvalue weighted by atomic mass is 10.6. The van der Waals surface area contributed by atoms with E-state index in [1.165, 1.54) is 0 Å². The van der Waals surface area contributed by atoms with Crippen LogP contribution in [0, 0.1) is 0 Å². The predicted molar refractivity (Wildman–Crippen MR) is 65.1 cm³/mol. The lowest BCUT2D eigenvalue weighted by Crippen LogP contribution is -2.66. The average molecular weight is 284 g/mol. The quantitative estimate of drug-likeness (QED) is 0.463. The summed E-state index contributed by atoms with van der Waals surface area (Å²) in [6, 6.07) is 0.541. The second-order valence-electron chi connectivity index (χ2n) is 3.57. The van der Waals surface area contributed by atoms with Crippen LogP contribution in [0.5, 0.6) is 0 Å². The van der Waals surface area contributed by atoms with Gasteiger partial charge >= 0.3 is 16.9 Å². The summed E-state index contributed by atoms with van der Waals surface area (Å²) in [6.45, 7) is 0. The molecule has 0 aliphatic carbocycles. The highest BCUT2D eigenvalue weighted by Gasteiger charge is 2.56. The van der Waals surface area contributed by atoms with Gasteiger partial charge in [-0.05, 0) is 0 Å². The first-order chi connectivity index (χ1) is 7.59. The number of hydrogen-bond acceptors (Lipinski definition) is 6. The number of hydrogen-bond donors (Lipinski definition) is 0. The van der Waals surface area contributed by atoms with Crippen LogP contribution in [-0.2, 0) is 27.2 Å². The van der Waals surface area contributed by atoms with Crippen molar-refractivity contribution in [3.05, 3.63) is 0 Å². The molecule has 1 aliphatic rings. The summed E-state index contributed by atoms with van der Waals surface area (Å²) in [6.07, 6.45) is 0. The van der Waals surface area contributed by atoms with Crippen LogP contribution in [-0.4, -0.2) is 67.0 Å². The molecule has 0 radical (unpaired) electrons. The molecular weight excluding hydrogens is 264 g/mol. The van der Waals surface area contributed by atoms with Crippen LogP contribution in [0.25, 0.3) is 0 Å². The van der Waals surface area contributed by atoms with E-state index in [-0.39, 0.29) is 0 Å². The molecule has 0 aromatic rings. The minimum atomic E-state index is -2.19. The Balaban J connectivity index is 2.90. The van der Waals surface area contributed by atoms with Crippen molar-refractivity contribution in [1.29, 1.82) is 0 Å². The number of ether oxygens (including phenoxy) is 2. The van der Waals surface area contributed by atoms with Gasteiger partial charge < -0.3 is 27.2 Å². The van der Waals surface area contributed by atoms with Gasteiger partial charge in [-0.2, -0.15) is 0 Å². The zero-order valence-corrected chi connectivity index (χ0v) is 14.0. The van der Waals surface area contributed by atoms with E-state index in [0.717, 1.165) is 0 Å². The Hall–Kier alpha value is 0.411. The van der Waals surface area contributed by atoms with E-state index in [1.54, 1.807) is 35.5 Å². The molecule has 0 bridgehead atoms. The molecule has 9 heteroatoms. The minimum Gasteiger partial charge on any atom is -0.403 e. The van der Waals surface area contributed by atoms with Crippen LogP contribution in [0.4, 0.5) is 0 Å². The maximum absolute atomic E-state index is 5.79. The third-order valence-corrected chi connectivity index (χ3v) is 22.9. The van der Waals surface area contributed by atoms with Gasteiger partial charge in [0.05, 0.1) is 6.04 Å². The molecule has 16 heavy (non-hydrogen) atoms. The highest BCUT2D eigenvalue weighted by Crippen LogP contribution is 2.32. The van der Waals surface area contributed by atoms with Crippen molar-refractivity contribution < 1.29 is 27.2 Å². The molecule has 1 rings (SSSR count). The van der Waals surface area contributed by atoms with Crippen molar-refractivity contribution in [2.24, 2.45) is 0 Å². The Morgan fingerprint density at radius 3 is 2.06 bits per heavy atom. The number of rotatable bonds is 5. The van der Waals surface area contributed by atoms with Crippen LogP contribution < -0.4 is 0 Å². The van der Waals surface area contributed by atoms with Gasteiger partial charge in [-0.15, -0.1) is 0 Å². The monoisotopic (exact) mass is 284 g/mol. The molecule has 1 atom stereocenters. The van der Waals surface area contributed by atoms with Gasteiger partial charge in [-0.1, -0.05) is 0 Å². The Morgan fingerprint density at radius 1 is 1.12 bits per heavy atom. The van der Waals surface area contributed by atoms with Crippen LogP contribution in [0.1, 0.15) is 0 Å². The van der Waals surface area contributed by atoms with Gasteiger partial charge in [-0.3, -0.25) is 0 Å². The van der Waals surface area contributed by atoms with Crippen molar-refractivity contribution in [1.82, 2.24) is 0 Å². The average Bonchev–Trinajstić information content (AvgIpc) is 2.37. The maximum atomic E-state index is 5.79. The first-order valence-electron chi connectivity index (χ1n) is 5.00. The van der Waals surface area contributed by atoms with Crippen molar-refractivity contribution >= 4 is 25.4 Å². The fourth-order valence-corrected chi connectivity index (χ4v) is 22.0. The van der Waals surface area contributed by atoms with Gasteiger partial charge in [0.1, 0.15) is 8.55 Å². The van der Waals surface area contributed by atoms with Gasteiger partial charge in [0.15, 0.2) is 0 Å². The van der Waals surface area contributed by atoms with E-state index in [4.69, 9.17) is 27.2 Å². The molecule has 96 valence electrons. The smallest absolute Gasteiger partial charge is 0.319 e. The van der Waals surface area contributed by atoms with Gasteiger partial charge in [0, 0.05) is 35.5 Å². The van der Waals surface area contributed by atoms with Gasteiger partial charge in [-0.25, -0.2) is 0 Å². The molecule has 1 aliphatic heterocycles. The number of methoxy groups -OCH3 is 2. The fourth-order valence-electron chi connectivity index (χ4n) is 1.79. The molecule has 0 saturated carbocycles. The molecule has 0 N–H and O–H groups in total. The van der Waals surface area contributed by atoms with Crippen LogP contribution in [0.15, 0.2) is 0 Å². The van der Waals surface area contributed by atoms with Crippen molar-refractivity contribution in [3.63, 3.8) is 0 Å². The largest absolute Gasteiger partial charge is 0.403 e. The molecule has 0 amide bonds. The molecule has 6 nitrogen and oxygen atoms in total. The van der Waals surface area contributed by atoms with Crippen LogP contribution >= 0.6 is 0 Å². The van der Waals surface area contributed by atoms with E-state index >= 15 is 0 Å². The van der Waals surface area contributed by atoms with E-state index in [2.05, 4.69) is 0 Å². The maximum Gasteiger partial charge on any atom is 0.319 e. The Morgan fingerprint density at radius 2 is 1.69 bits per heavy atom. The van der Waals surface area contributed by atoms with Gasteiger partial charge in [0.25, 0.3) is 5.97 Å². The summed E-state index contributed by atoms with van der Waals surface area (Å²) < 4.78 is 33.1. The first kappa shape index (κ1) is 14.5. The SMILES string of the molecule is CO[SiH]1OC(OC)(OC)C[Si](OC)(OC)[SiH2]1. The van der Waals surface area contributed by atoms with Crippen molar-refractivity contribution in [2.75, 3.05) is 35.5 Å². The topological polar surface area (TPSA) is 55.4 Å². The van der Waals surface area contributed by atoms with E-state index < -0.39 is 31.4 Å². The Kier molecular flexibility index (Phi) is 5.28. The summed E-state index contributed by atoms with van der Waals surface area (Å²) in [4.78, 5) is 0. The normalized spacial score (nSPS) is 29.4. The van der Waals surface area contributed by atoms with Crippen molar-refractivity contribution in [3.8, 4) is 0 Å². The zero-order valence-electron chi connectivity index (χ0n) is 10.4. The van der Waals surface area contributed by atoms with Crippen LogP contribution in [0.3, 0.4) is 0 Å². The highest BCUT2D eigenvalue weighted by atomic mass is 29.6. The lowest BCUT2D eigenvalue weighted by molar-refractivity contribution is -0.318. The molecule has 0 aromatic carbocycles. The van der Waals surface area contributed by atoms with Gasteiger partial charge in [0.2, 0.25) is 0 Å². The summed E-state index contributed by atoms with van der Waals surface area (Å²) in [5.41, 5.74) is 0. The van der Waals surface area contributed by atoms with Crippen molar-refractivity contribution in [2.45, 2.75) is 12.0 Å². The molecule has 0 spiro atoms.